The zero-order valence-corrected chi connectivity index (χ0v) is 13.5. The molecule has 0 atom stereocenters. The number of aliphatic hydroxyl groups is 1. The van der Waals surface area contributed by atoms with Crippen molar-refractivity contribution >= 4 is 23.5 Å². The van der Waals surface area contributed by atoms with E-state index in [1.54, 1.807) is 35.1 Å². The van der Waals surface area contributed by atoms with E-state index in [1.165, 1.54) is 4.90 Å². The number of carboxylic acids is 1. The van der Waals surface area contributed by atoms with Crippen LogP contribution in [0.2, 0.25) is 5.02 Å². The van der Waals surface area contributed by atoms with Gasteiger partial charge in [-0.3, -0.25) is 4.79 Å². The maximum absolute atomic E-state index is 12.5. The summed E-state index contributed by atoms with van der Waals surface area (Å²) in [6.45, 7) is 0.345. The van der Waals surface area contributed by atoms with Crippen molar-refractivity contribution in [1.82, 2.24) is 14.7 Å². The van der Waals surface area contributed by atoms with Gasteiger partial charge in [0.1, 0.15) is 0 Å². The van der Waals surface area contributed by atoms with Crippen molar-refractivity contribution in [3.05, 3.63) is 47.2 Å². The van der Waals surface area contributed by atoms with Gasteiger partial charge in [-0.25, -0.2) is 9.48 Å². The predicted molar refractivity (Wildman–Crippen MR) is 86.3 cm³/mol. The van der Waals surface area contributed by atoms with Crippen LogP contribution < -0.4 is 0 Å². The van der Waals surface area contributed by atoms with Gasteiger partial charge >= 0.3 is 5.97 Å². The lowest BCUT2D eigenvalue weighted by Crippen LogP contribution is -2.50. The Hall–Kier alpha value is -2.38. The number of aliphatic carboxylic acids is 1. The number of carboxylic acid groups (broad SMARTS) is 1. The fourth-order valence-electron chi connectivity index (χ4n) is 2.66. The van der Waals surface area contributed by atoms with Crippen LogP contribution in [0.15, 0.2) is 36.5 Å². The predicted octanol–water partition coefficient (Wildman–Crippen LogP) is 1.58. The molecule has 24 heavy (non-hydrogen) atoms. The zero-order chi connectivity index (χ0) is 17.3. The standard InChI is InChI=1S/C16H16ClN3O4/c17-11-2-1-3-12(10-11)20-7-4-13(18-20)14(21)19-8-5-16(24,6-9-19)15(22)23/h1-4,7,10,24H,5-6,8-9H2,(H,22,23). The van der Waals surface area contributed by atoms with Crippen molar-refractivity contribution < 1.29 is 19.8 Å². The lowest BCUT2D eigenvalue weighted by molar-refractivity contribution is -0.162. The maximum atomic E-state index is 12.5. The van der Waals surface area contributed by atoms with Gasteiger partial charge in [0.2, 0.25) is 0 Å². The number of hydrogen-bond donors (Lipinski definition) is 2. The van der Waals surface area contributed by atoms with Gasteiger partial charge in [0.15, 0.2) is 11.3 Å². The number of piperidine rings is 1. The van der Waals surface area contributed by atoms with Gasteiger partial charge in [0.25, 0.3) is 5.91 Å². The molecule has 126 valence electrons. The number of hydrogen-bond acceptors (Lipinski definition) is 4. The second kappa shape index (κ2) is 6.26. The summed E-state index contributed by atoms with van der Waals surface area (Å²) < 4.78 is 1.55. The SMILES string of the molecule is O=C(c1ccn(-c2cccc(Cl)c2)n1)N1CCC(O)(C(=O)O)CC1. The van der Waals surface area contributed by atoms with E-state index in [1.807, 2.05) is 6.07 Å². The maximum Gasteiger partial charge on any atom is 0.335 e. The van der Waals surface area contributed by atoms with E-state index in [9.17, 15) is 14.7 Å². The van der Waals surface area contributed by atoms with E-state index in [4.69, 9.17) is 16.7 Å². The molecule has 1 aliphatic heterocycles. The van der Waals surface area contributed by atoms with Crippen LogP contribution in [0, 0.1) is 0 Å². The van der Waals surface area contributed by atoms with Crippen LogP contribution in [0.4, 0.5) is 0 Å². The Balaban J connectivity index is 1.72. The van der Waals surface area contributed by atoms with Crippen molar-refractivity contribution in [2.75, 3.05) is 13.1 Å². The third-order valence-electron chi connectivity index (χ3n) is 4.16. The normalized spacial score (nSPS) is 16.8. The molecule has 0 radical (unpaired) electrons. The molecule has 1 fully saturated rings. The summed E-state index contributed by atoms with van der Waals surface area (Å²) in [7, 11) is 0. The second-order valence-corrected chi connectivity index (χ2v) is 6.19. The number of rotatable bonds is 3. The molecule has 3 rings (SSSR count). The lowest BCUT2D eigenvalue weighted by atomic mass is 9.91. The van der Waals surface area contributed by atoms with Crippen molar-refractivity contribution in [2.45, 2.75) is 18.4 Å². The van der Waals surface area contributed by atoms with Gasteiger partial charge in [-0.1, -0.05) is 17.7 Å². The number of nitrogens with zero attached hydrogens (tertiary/aromatic N) is 3. The molecule has 1 aromatic carbocycles. The number of carbonyl (C=O) groups is 2. The highest BCUT2D eigenvalue weighted by Gasteiger charge is 2.40. The Morgan fingerprint density at radius 1 is 1.21 bits per heavy atom. The first kappa shape index (κ1) is 16.5. The highest BCUT2D eigenvalue weighted by molar-refractivity contribution is 6.30. The summed E-state index contributed by atoms with van der Waals surface area (Å²) in [5.74, 6) is -1.54. The van der Waals surface area contributed by atoms with Crippen LogP contribution in [-0.4, -0.2) is 55.5 Å². The van der Waals surface area contributed by atoms with Gasteiger partial charge in [-0.05, 0) is 24.3 Å². The molecule has 0 saturated carbocycles. The molecule has 1 aliphatic rings. The lowest BCUT2D eigenvalue weighted by Gasteiger charge is -2.34. The number of benzene rings is 1. The second-order valence-electron chi connectivity index (χ2n) is 5.75. The number of amides is 1. The largest absolute Gasteiger partial charge is 0.479 e. The van der Waals surface area contributed by atoms with Crippen LogP contribution in [-0.2, 0) is 4.79 Å². The summed E-state index contributed by atoms with van der Waals surface area (Å²) in [5, 5.41) is 23.8. The molecule has 8 heteroatoms. The Morgan fingerprint density at radius 3 is 2.54 bits per heavy atom. The fraction of sp³-hybridized carbons (Fsp3) is 0.312. The Labute approximate surface area is 143 Å². The van der Waals surface area contributed by atoms with E-state index in [2.05, 4.69) is 5.10 Å². The Bertz CT molecular complexity index is 781. The monoisotopic (exact) mass is 349 g/mol. The summed E-state index contributed by atoms with van der Waals surface area (Å²) in [5.41, 5.74) is -0.757. The molecular formula is C16H16ClN3O4. The van der Waals surface area contributed by atoms with Gasteiger partial charge in [0, 0.05) is 37.2 Å². The number of carbonyl (C=O) groups excluding carboxylic acids is 1. The van der Waals surface area contributed by atoms with E-state index in [0.29, 0.717) is 5.02 Å². The average Bonchev–Trinajstić information content (AvgIpc) is 3.05. The van der Waals surface area contributed by atoms with Gasteiger partial charge in [0.05, 0.1) is 5.69 Å². The van der Waals surface area contributed by atoms with Crippen LogP contribution in [0.1, 0.15) is 23.3 Å². The van der Waals surface area contributed by atoms with Crippen molar-refractivity contribution in [3.63, 3.8) is 0 Å². The van der Waals surface area contributed by atoms with E-state index < -0.39 is 11.6 Å². The summed E-state index contributed by atoms with van der Waals surface area (Å²) >= 11 is 5.95. The van der Waals surface area contributed by atoms with Crippen molar-refractivity contribution in [2.24, 2.45) is 0 Å². The molecule has 0 aliphatic carbocycles. The molecule has 2 aromatic rings. The summed E-state index contributed by atoms with van der Waals surface area (Å²) in [6, 6.07) is 8.69. The fourth-order valence-corrected chi connectivity index (χ4v) is 2.84. The zero-order valence-electron chi connectivity index (χ0n) is 12.7. The van der Waals surface area contributed by atoms with Crippen molar-refractivity contribution in [3.8, 4) is 5.69 Å². The Kier molecular flexibility index (Phi) is 4.29. The average molecular weight is 350 g/mol. The minimum Gasteiger partial charge on any atom is -0.479 e. The molecule has 0 spiro atoms. The summed E-state index contributed by atoms with van der Waals surface area (Å²) in [6.07, 6.45) is 1.67. The smallest absolute Gasteiger partial charge is 0.335 e. The van der Waals surface area contributed by atoms with Gasteiger partial charge in [-0.2, -0.15) is 5.10 Å². The third-order valence-corrected chi connectivity index (χ3v) is 4.39. The van der Waals surface area contributed by atoms with Crippen molar-refractivity contribution in [1.29, 1.82) is 0 Å². The minimum atomic E-state index is -1.75. The molecular weight excluding hydrogens is 334 g/mol. The minimum absolute atomic E-state index is 0.00305. The number of aromatic nitrogens is 2. The van der Waals surface area contributed by atoms with E-state index in [0.717, 1.165) is 5.69 Å². The first-order chi connectivity index (χ1) is 11.4. The molecule has 7 nitrogen and oxygen atoms in total. The molecule has 1 saturated heterocycles. The molecule has 2 N–H and O–H groups in total. The quantitative estimate of drug-likeness (QED) is 0.877. The summed E-state index contributed by atoms with van der Waals surface area (Å²) in [4.78, 5) is 25.0. The van der Waals surface area contributed by atoms with Crippen LogP contribution in [0.25, 0.3) is 5.69 Å². The Morgan fingerprint density at radius 2 is 1.92 bits per heavy atom. The van der Waals surface area contributed by atoms with Crippen LogP contribution in [0.5, 0.6) is 0 Å². The topological polar surface area (TPSA) is 95.7 Å². The highest BCUT2D eigenvalue weighted by atomic mass is 35.5. The van der Waals surface area contributed by atoms with Gasteiger partial charge in [-0.15, -0.1) is 0 Å². The van der Waals surface area contributed by atoms with Crippen LogP contribution in [0.3, 0.4) is 0 Å². The third kappa shape index (κ3) is 3.13. The number of halogens is 1. The van der Waals surface area contributed by atoms with E-state index in [-0.39, 0.29) is 37.5 Å². The van der Waals surface area contributed by atoms with Gasteiger partial charge < -0.3 is 15.1 Å². The van der Waals surface area contributed by atoms with E-state index >= 15 is 0 Å². The molecule has 0 unspecified atom stereocenters. The first-order valence-corrected chi connectivity index (χ1v) is 7.83. The molecule has 1 aromatic heterocycles. The number of likely N-dealkylation sites (tertiary alicyclic amines) is 1. The molecule has 0 bridgehead atoms. The first-order valence-electron chi connectivity index (χ1n) is 7.46. The highest BCUT2D eigenvalue weighted by Crippen LogP contribution is 2.23. The molecule has 1 amide bonds. The van der Waals surface area contributed by atoms with Crippen LogP contribution >= 0.6 is 11.6 Å². The molecule has 2 heterocycles.